The molecule has 1 aromatic carbocycles. The number of benzene rings is 1. The van der Waals surface area contributed by atoms with Crippen molar-refractivity contribution in [3.63, 3.8) is 0 Å². The van der Waals surface area contributed by atoms with Gasteiger partial charge in [-0.2, -0.15) is 0 Å². The number of thiazole rings is 1. The summed E-state index contributed by atoms with van der Waals surface area (Å²) in [5, 5.41) is 7.88. The molecule has 0 spiro atoms. The van der Waals surface area contributed by atoms with Crippen molar-refractivity contribution in [2.75, 3.05) is 19.6 Å². The molecule has 3 rings (SSSR count). The van der Waals surface area contributed by atoms with Crippen LogP contribution >= 0.6 is 11.3 Å². The predicted octanol–water partition coefficient (Wildman–Crippen LogP) is 3.30. The molecule has 2 aromatic heterocycles. The maximum absolute atomic E-state index is 4.70. The lowest BCUT2D eigenvalue weighted by Gasteiger charge is -2.11. The van der Waals surface area contributed by atoms with Gasteiger partial charge in [0.05, 0.1) is 16.0 Å². The summed E-state index contributed by atoms with van der Waals surface area (Å²) in [4.78, 5) is 15.0. The Morgan fingerprint density at radius 1 is 1.22 bits per heavy atom. The Kier molecular flexibility index (Phi) is 6.81. The minimum absolute atomic E-state index is 0.775. The van der Waals surface area contributed by atoms with Gasteiger partial charge in [0, 0.05) is 43.7 Å². The van der Waals surface area contributed by atoms with Crippen LogP contribution in [0.25, 0.3) is 11.0 Å². The largest absolute Gasteiger partial charge is 0.357 e. The lowest BCUT2D eigenvalue weighted by Crippen LogP contribution is -2.38. The molecule has 0 aliphatic rings. The van der Waals surface area contributed by atoms with Gasteiger partial charge in [-0.05, 0) is 39.3 Å². The van der Waals surface area contributed by atoms with Gasteiger partial charge in [-0.3, -0.25) is 4.99 Å². The molecule has 0 unspecified atom stereocenters. The van der Waals surface area contributed by atoms with Gasteiger partial charge in [0.1, 0.15) is 5.82 Å². The number of nitrogens with one attached hydrogen (secondary N) is 2. The second-order valence-corrected chi connectivity index (χ2v) is 7.77. The van der Waals surface area contributed by atoms with E-state index in [1.807, 2.05) is 12.3 Å². The molecule has 0 saturated heterocycles. The summed E-state index contributed by atoms with van der Waals surface area (Å²) in [5.41, 5.74) is 2.26. The second kappa shape index (κ2) is 9.50. The van der Waals surface area contributed by atoms with Crippen LogP contribution in [0.15, 0.2) is 35.5 Å². The molecule has 0 fully saturated rings. The van der Waals surface area contributed by atoms with Gasteiger partial charge in [-0.25, -0.2) is 9.97 Å². The first-order valence-electron chi connectivity index (χ1n) is 9.52. The first-order valence-corrected chi connectivity index (χ1v) is 10.3. The molecule has 7 heteroatoms. The third-order valence-corrected chi connectivity index (χ3v) is 5.27. The number of fused-ring (bicyclic) bond motifs is 1. The van der Waals surface area contributed by atoms with Crippen LogP contribution in [0.5, 0.6) is 0 Å². The van der Waals surface area contributed by atoms with Crippen LogP contribution < -0.4 is 10.6 Å². The molecule has 0 bridgehead atoms. The van der Waals surface area contributed by atoms with Crippen molar-refractivity contribution in [3.05, 3.63) is 46.2 Å². The molecular formula is C20H28N6S. The fraction of sp³-hybridized carbons (Fsp3) is 0.450. The van der Waals surface area contributed by atoms with Crippen LogP contribution in [0.3, 0.4) is 0 Å². The van der Waals surface area contributed by atoms with Crippen molar-refractivity contribution in [3.8, 4) is 0 Å². The van der Waals surface area contributed by atoms with Gasteiger partial charge < -0.3 is 15.2 Å². The van der Waals surface area contributed by atoms with Crippen LogP contribution in [-0.4, -0.2) is 40.1 Å². The van der Waals surface area contributed by atoms with Crippen molar-refractivity contribution in [1.82, 2.24) is 25.2 Å². The first-order chi connectivity index (χ1) is 13.2. The Labute approximate surface area is 164 Å². The first kappa shape index (κ1) is 19.4. The van der Waals surface area contributed by atoms with E-state index in [4.69, 9.17) is 4.99 Å². The average Bonchev–Trinajstić information content (AvgIpc) is 3.21. The number of para-hydroxylation sites is 2. The zero-order valence-corrected chi connectivity index (χ0v) is 17.1. The van der Waals surface area contributed by atoms with E-state index >= 15 is 0 Å². The zero-order valence-electron chi connectivity index (χ0n) is 16.3. The fourth-order valence-corrected chi connectivity index (χ4v) is 3.83. The molecule has 2 N–H and O–H groups in total. The van der Waals surface area contributed by atoms with Gasteiger partial charge in [0.2, 0.25) is 0 Å². The molecule has 0 amide bonds. The maximum Gasteiger partial charge on any atom is 0.191 e. The molecule has 0 aliphatic carbocycles. The molecule has 6 nitrogen and oxygen atoms in total. The van der Waals surface area contributed by atoms with E-state index < -0.39 is 0 Å². The highest BCUT2D eigenvalue weighted by Gasteiger charge is 2.06. The summed E-state index contributed by atoms with van der Waals surface area (Å²) < 4.78 is 2.27. The third kappa shape index (κ3) is 5.29. The number of nitrogens with zero attached hydrogens (tertiary/aromatic N) is 4. The third-order valence-electron chi connectivity index (χ3n) is 4.30. The highest BCUT2D eigenvalue weighted by Crippen LogP contribution is 2.15. The average molecular weight is 385 g/mol. The second-order valence-electron chi connectivity index (χ2n) is 6.46. The van der Waals surface area contributed by atoms with Gasteiger partial charge in [-0.15, -0.1) is 11.3 Å². The number of guanidine groups is 1. The number of hydrogen-bond acceptors (Lipinski definition) is 4. The minimum atomic E-state index is 0.775. The van der Waals surface area contributed by atoms with Crippen molar-refractivity contribution in [1.29, 1.82) is 0 Å². The van der Waals surface area contributed by atoms with Gasteiger partial charge in [0.15, 0.2) is 5.96 Å². The SMILES string of the molecule is CCNC(=NCCCn1c(C)nc2ccccc21)NCCc1ncc(C)s1. The number of aromatic nitrogens is 3. The van der Waals surface area contributed by atoms with Crippen LogP contribution in [0, 0.1) is 13.8 Å². The Hall–Kier alpha value is -2.41. The summed E-state index contributed by atoms with van der Waals surface area (Å²) >= 11 is 1.75. The molecular weight excluding hydrogens is 356 g/mol. The zero-order chi connectivity index (χ0) is 19.1. The summed E-state index contributed by atoms with van der Waals surface area (Å²) in [6, 6.07) is 8.29. The Balaban J connectivity index is 1.50. The Morgan fingerprint density at radius 2 is 2.07 bits per heavy atom. The van der Waals surface area contributed by atoms with Gasteiger partial charge in [-0.1, -0.05) is 12.1 Å². The fourth-order valence-electron chi connectivity index (χ4n) is 3.04. The normalized spacial score (nSPS) is 11.9. The van der Waals surface area contributed by atoms with Crippen molar-refractivity contribution in [2.24, 2.45) is 4.99 Å². The summed E-state index contributed by atoms with van der Waals surface area (Å²) in [6.45, 7) is 9.63. The molecule has 27 heavy (non-hydrogen) atoms. The monoisotopic (exact) mass is 384 g/mol. The topological polar surface area (TPSA) is 67.1 Å². The van der Waals surface area contributed by atoms with Crippen molar-refractivity contribution < 1.29 is 0 Å². The van der Waals surface area contributed by atoms with Crippen LogP contribution in [0.4, 0.5) is 0 Å². The summed E-state index contributed by atoms with van der Waals surface area (Å²) in [5.74, 6) is 1.93. The van der Waals surface area contributed by atoms with E-state index in [2.05, 4.69) is 64.1 Å². The van der Waals surface area contributed by atoms with E-state index in [0.29, 0.717) is 0 Å². The highest BCUT2D eigenvalue weighted by atomic mass is 32.1. The van der Waals surface area contributed by atoms with Crippen molar-refractivity contribution in [2.45, 2.75) is 40.2 Å². The van der Waals surface area contributed by atoms with E-state index in [1.165, 1.54) is 15.4 Å². The number of imidazole rings is 1. The van der Waals surface area contributed by atoms with Crippen LogP contribution in [-0.2, 0) is 13.0 Å². The van der Waals surface area contributed by atoms with Gasteiger partial charge in [0.25, 0.3) is 0 Å². The molecule has 0 aliphatic heterocycles. The molecule has 0 saturated carbocycles. The van der Waals surface area contributed by atoms with Crippen LogP contribution in [0.1, 0.15) is 29.1 Å². The maximum atomic E-state index is 4.70. The van der Waals surface area contributed by atoms with E-state index in [0.717, 1.165) is 56.3 Å². The molecule has 2 heterocycles. The smallest absolute Gasteiger partial charge is 0.191 e. The standard InChI is InChI=1S/C20H28N6S/c1-4-21-20(23-12-10-19-24-14-15(2)27-19)22-11-7-13-26-16(3)25-17-8-5-6-9-18(17)26/h5-6,8-9,14H,4,7,10-13H2,1-3H3,(H2,21,22,23). The van der Waals surface area contributed by atoms with Gasteiger partial charge >= 0.3 is 0 Å². The number of aliphatic imine (C=N–C) groups is 1. The summed E-state index contributed by atoms with van der Waals surface area (Å²) in [7, 11) is 0. The molecule has 144 valence electrons. The predicted molar refractivity (Wildman–Crippen MR) is 114 cm³/mol. The lowest BCUT2D eigenvalue weighted by atomic mass is 10.3. The molecule has 0 atom stereocenters. The summed E-state index contributed by atoms with van der Waals surface area (Å²) in [6.07, 6.45) is 3.83. The number of hydrogen-bond donors (Lipinski definition) is 2. The van der Waals surface area contributed by atoms with E-state index in [1.54, 1.807) is 11.3 Å². The highest BCUT2D eigenvalue weighted by molar-refractivity contribution is 7.11. The van der Waals surface area contributed by atoms with Crippen LogP contribution in [0.2, 0.25) is 0 Å². The number of rotatable bonds is 8. The minimum Gasteiger partial charge on any atom is -0.357 e. The quantitative estimate of drug-likeness (QED) is 0.355. The van der Waals surface area contributed by atoms with E-state index in [-0.39, 0.29) is 0 Å². The van der Waals surface area contributed by atoms with E-state index in [9.17, 15) is 0 Å². The molecule has 3 aromatic rings. The number of aryl methyl sites for hydroxylation is 3. The lowest BCUT2D eigenvalue weighted by molar-refractivity contribution is 0.646. The van der Waals surface area contributed by atoms with Crippen molar-refractivity contribution >= 4 is 28.3 Å². The Bertz CT molecular complexity index is 895. The Morgan fingerprint density at radius 3 is 2.85 bits per heavy atom. The molecule has 0 radical (unpaired) electrons.